The maximum absolute atomic E-state index is 13.9. The number of carbonyl (C=O) groups is 2. The molecule has 0 unspecified atom stereocenters. The number of urea groups is 1. The molecule has 0 saturated carbocycles. The first-order valence-corrected chi connectivity index (χ1v) is 10.6. The molecular weight excluding hydrogens is 449 g/mol. The van der Waals surface area contributed by atoms with E-state index >= 15 is 0 Å². The molecule has 0 bridgehead atoms. The molecule has 0 saturated heterocycles. The number of aliphatic hydroxyl groups is 2. The van der Waals surface area contributed by atoms with Crippen molar-refractivity contribution in [1.82, 2.24) is 5.32 Å². The smallest absolute Gasteiger partial charge is 0.326 e. The summed E-state index contributed by atoms with van der Waals surface area (Å²) in [6.07, 6.45) is 0. The third-order valence-electron chi connectivity index (χ3n) is 6.05. The predicted molar refractivity (Wildman–Crippen MR) is 121 cm³/mol. The van der Waals surface area contributed by atoms with Gasteiger partial charge in [-0.05, 0) is 36.4 Å². The van der Waals surface area contributed by atoms with Gasteiger partial charge in [0.2, 0.25) is 0 Å². The molecule has 0 spiro atoms. The zero-order chi connectivity index (χ0) is 23.3. The van der Waals surface area contributed by atoms with Gasteiger partial charge >= 0.3 is 6.03 Å². The summed E-state index contributed by atoms with van der Waals surface area (Å²) in [5.41, 5.74) is 0.854. The van der Waals surface area contributed by atoms with E-state index in [1.54, 1.807) is 42.5 Å². The number of hydrogen-bond acceptors (Lipinski definition) is 4. The van der Waals surface area contributed by atoms with Gasteiger partial charge in [-0.1, -0.05) is 35.9 Å². The van der Waals surface area contributed by atoms with E-state index in [9.17, 15) is 24.2 Å². The number of β-amino-alcohol motifs (C(OH)–C–C–N with tert-alkyl or cyclic N) is 1. The van der Waals surface area contributed by atoms with Crippen LogP contribution in [0.2, 0.25) is 5.02 Å². The van der Waals surface area contributed by atoms with E-state index in [-0.39, 0.29) is 17.5 Å². The molecule has 2 atom stereocenters. The lowest BCUT2D eigenvalue weighted by atomic mass is 9.96. The molecule has 0 fully saturated rings. The highest BCUT2D eigenvalue weighted by molar-refractivity contribution is 6.31. The first kappa shape index (κ1) is 21.4. The summed E-state index contributed by atoms with van der Waals surface area (Å²) in [4.78, 5) is 27.2. The van der Waals surface area contributed by atoms with Crippen LogP contribution < -0.4 is 15.5 Å². The van der Waals surface area contributed by atoms with Gasteiger partial charge in [-0.2, -0.15) is 0 Å². The Hall–Kier alpha value is -3.46. The van der Waals surface area contributed by atoms with Crippen molar-refractivity contribution in [3.8, 4) is 0 Å². The number of rotatable bonds is 3. The number of para-hydroxylation sites is 1. The summed E-state index contributed by atoms with van der Waals surface area (Å²) in [6, 6.07) is 14.2. The van der Waals surface area contributed by atoms with Gasteiger partial charge in [0.25, 0.3) is 5.91 Å². The normalized spacial score (nSPS) is 20.9. The summed E-state index contributed by atoms with van der Waals surface area (Å²) < 4.78 is 13.9. The largest absolute Gasteiger partial charge is 0.393 e. The van der Waals surface area contributed by atoms with Gasteiger partial charge in [0.1, 0.15) is 11.4 Å². The molecule has 0 aromatic heterocycles. The Morgan fingerprint density at radius 2 is 2.00 bits per heavy atom. The van der Waals surface area contributed by atoms with Crippen LogP contribution in [0, 0.1) is 5.82 Å². The van der Waals surface area contributed by atoms with Crippen molar-refractivity contribution < 1.29 is 24.2 Å². The van der Waals surface area contributed by atoms with Crippen molar-refractivity contribution >= 4 is 34.9 Å². The molecule has 7 nitrogen and oxygen atoms in total. The summed E-state index contributed by atoms with van der Waals surface area (Å²) in [6.45, 7) is -0.687. The summed E-state index contributed by atoms with van der Waals surface area (Å²) in [5.74, 6) is -0.872. The Labute approximate surface area is 193 Å². The standard InChI is InChI=1S/C24H19ClFN3O4/c25-17-9-8-13(26)10-15(17)21-20-14(22(31)28-21)4-3-6-18(20)27-23(32)29-11-24(33,12-30)16-5-1-2-7-19(16)29/h1-10,21,30,33H,11-12H2,(H,27,32)(H,28,31)/t21-,24-/m0/s1. The predicted octanol–water partition coefficient (Wildman–Crippen LogP) is 3.54. The van der Waals surface area contributed by atoms with E-state index in [1.807, 2.05) is 0 Å². The molecule has 2 heterocycles. The Bertz CT molecular complexity index is 1300. The van der Waals surface area contributed by atoms with E-state index < -0.39 is 30.1 Å². The maximum atomic E-state index is 13.9. The molecule has 3 aromatic rings. The average Bonchev–Trinajstić information content (AvgIpc) is 3.32. The van der Waals surface area contributed by atoms with E-state index in [0.29, 0.717) is 33.6 Å². The number of carbonyl (C=O) groups excluding carboxylic acids is 2. The van der Waals surface area contributed by atoms with Crippen molar-refractivity contribution in [1.29, 1.82) is 0 Å². The van der Waals surface area contributed by atoms with Crippen LogP contribution in [-0.4, -0.2) is 35.3 Å². The second-order valence-electron chi connectivity index (χ2n) is 8.06. The quantitative estimate of drug-likeness (QED) is 0.473. The van der Waals surface area contributed by atoms with Crippen LogP contribution in [0.1, 0.15) is 33.1 Å². The second kappa shape index (κ2) is 7.84. The minimum atomic E-state index is -1.58. The molecule has 3 amide bonds. The third-order valence-corrected chi connectivity index (χ3v) is 6.39. The van der Waals surface area contributed by atoms with Crippen molar-refractivity contribution in [3.63, 3.8) is 0 Å². The van der Waals surface area contributed by atoms with Crippen LogP contribution in [-0.2, 0) is 5.60 Å². The maximum Gasteiger partial charge on any atom is 0.326 e. The fraction of sp³-hybridized carbons (Fsp3) is 0.167. The Balaban J connectivity index is 1.52. The van der Waals surface area contributed by atoms with Gasteiger partial charge < -0.3 is 20.8 Å². The van der Waals surface area contributed by atoms with E-state index in [1.165, 1.54) is 23.1 Å². The van der Waals surface area contributed by atoms with Crippen molar-refractivity contribution in [2.75, 3.05) is 23.4 Å². The molecule has 0 radical (unpaired) electrons. The molecule has 0 aliphatic carbocycles. The minimum Gasteiger partial charge on any atom is -0.393 e. The lowest BCUT2D eigenvalue weighted by Gasteiger charge is -2.23. The number of fused-ring (bicyclic) bond motifs is 2. The number of nitrogens with one attached hydrogen (secondary N) is 2. The highest BCUT2D eigenvalue weighted by atomic mass is 35.5. The lowest BCUT2D eigenvalue weighted by Crippen LogP contribution is -2.41. The number of amides is 3. The zero-order valence-electron chi connectivity index (χ0n) is 17.2. The molecule has 5 rings (SSSR count). The van der Waals surface area contributed by atoms with Crippen LogP contribution >= 0.6 is 11.6 Å². The Kier molecular flexibility index (Phi) is 5.08. The van der Waals surface area contributed by atoms with Gasteiger partial charge in [-0.3, -0.25) is 9.69 Å². The van der Waals surface area contributed by atoms with Gasteiger partial charge in [0.15, 0.2) is 0 Å². The SMILES string of the molecule is O=C1N[C@@H](c2cc(F)ccc2Cl)c2c(NC(=O)N3C[C@](O)(CO)c4ccccc43)cccc21. The molecular formula is C24H19ClFN3O4. The molecule has 9 heteroatoms. The molecule has 33 heavy (non-hydrogen) atoms. The van der Waals surface area contributed by atoms with Crippen LogP contribution in [0.25, 0.3) is 0 Å². The zero-order valence-corrected chi connectivity index (χ0v) is 17.9. The number of aliphatic hydroxyl groups excluding tert-OH is 1. The fourth-order valence-corrected chi connectivity index (χ4v) is 4.69. The van der Waals surface area contributed by atoms with E-state index in [2.05, 4.69) is 10.6 Å². The molecule has 2 aliphatic heterocycles. The number of nitrogens with zero attached hydrogens (tertiary/aromatic N) is 1. The molecule has 4 N–H and O–H groups in total. The van der Waals surface area contributed by atoms with Gasteiger partial charge in [0.05, 0.1) is 24.9 Å². The van der Waals surface area contributed by atoms with Crippen molar-refractivity contribution in [2.24, 2.45) is 0 Å². The second-order valence-corrected chi connectivity index (χ2v) is 8.47. The molecule has 3 aromatic carbocycles. The summed E-state index contributed by atoms with van der Waals surface area (Å²) in [5, 5.41) is 26.4. The topological polar surface area (TPSA) is 102 Å². The number of hydrogen-bond donors (Lipinski definition) is 4. The fourth-order valence-electron chi connectivity index (χ4n) is 4.47. The highest BCUT2D eigenvalue weighted by Crippen LogP contribution is 2.41. The van der Waals surface area contributed by atoms with Crippen LogP contribution in [0.3, 0.4) is 0 Å². The monoisotopic (exact) mass is 467 g/mol. The Morgan fingerprint density at radius 1 is 1.21 bits per heavy atom. The number of anilines is 2. The van der Waals surface area contributed by atoms with Crippen molar-refractivity contribution in [2.45, 2.75) is 11.6 Å². The van der Waals surface area contributed by atoms with E-state index in [4.69, 9.17) is 11.6 Å². The highest BCUT2D eigenvalue weighted by Gasteiger charge is 2.43. The van der Waals surface area contributed by atoms with Crippen LogP contribution in [0.4, 0.5) is 20.6 Å². The Morgan fingerprint density at radius 3 is 2.79 bits per heavy atom. The van der Waals surface area contributed by atoms with Crippen molar-refractivity contribution in [3.05, 3.63) is 93.8 Å². The first-order valence-electron chi connectivity index (χ1n) is 10.2. The van der Waals surface area contributed by atoms with Gasteiger partial charge in [-0.15, -0.1) is 0 Å². The first-order chi connectivity index (χ1) is 15.8. The molecule has 2 aliphatic rings. The molecule has 168 valence electrons. The number of halogens is 2. The third kappa shape index (κ3) is 3.43. The van der Waals surface area contributed by atoms with Gasteiger partial charge in [0, 0.05) is 33.0 Å². The summed E-state index contributed by atoms with van der Waals surface area (Å²) in [7, 11) is 0. The number of benzene rings is 3. The van der Waals surface area contributed by atoms with E-state index in [0.717, 1.165) is 0 Å². The van der Waals surface area contributed by atoms with Crippen LogP contribution in [0.15, 0.2) is 60.7 Å². The average molecular weight is 468 g/mol. The van der Waals surface area contributed by atoms with Crippen LogP contribution in [0.5, 0.6) is 0 Å². The van der Waals surface area contributed by atoms with Gasteiger partial charge in [-0.25, -0.2) is 9.18 Å². The lowest BCUT2D eigenvalue weighted by molar-refractivity contribution is -0.00381. The summed E-state index contributed by atoms with van der Waals surface area (Å²) >= 11 is 6.29. The minimum absolute atomic E-state index is 0.139.